The van der Waals surface area contributed by atoms with Gasteiger partial charge in [0.15, 0.2) is 11.5 Å². The van der Waals surface area contributed by atoms with E-state index in [1.54, 1.807) is 0 Å². The summed E-state index contributed by atoms with van der Waals surface area (Å²) in [4.78, 5) is 0. The van der Waals surface area contributed by atoms with Crippen LogP contribution >= 0.6 is 34.8 Å². The van der Waals surface area contributed by atoms with Crippen LogP contribution in [0.25, 0.3) is 0 Å². The van der Waals surface area contributed by atoms with Gasteiger partial charge in [0, 0.05) is 6.07 Å². The fourth-order valence-electron chi connectivity index (χ4n) is 0.778. The van der Waals surface area contributed by atoms with Crippen LogP contribution in [0.2, 0.25) is 0 Å². The van der Waals surface area contributed by atoms with Crippen molar-refractivity contribution in [3.63, 3.8) is 0 Å². The van der Waals surface area contributed by atoms with Gasteiger partial charge < -0.3 is 14.9 Å². The molecule has 0 heterocycles. The van der Waals surface area contributed by atoms with Crippen molar-refractivity contribution in [1.82, 2.24) is 0 Å². The molecule has 14 heavy (non-hydrogen) atoms. The lowest BCUT2D eigenvalue weighted by atomic mass is 10.3. The van der Waals surface area contributed by atoms with Gasteiger partial charge in [-0.2, -0.15) is 0 Å². The molecule has 0 amide bonds. The summed E-state index contributed by atoms with van der Waals surface area (Å²) in [7, 11) is 0. The summed E-state index contributed by atoms with van der Waals surface area (Å²) in [6.45, 7) is -0.214. The van der Waals surface area contributed by atoms with Crippen molar-refractivity contribution in [2.45, 2.75) is 3.79 Å². The third-order valence-corrected chi connectivity index (χ3v) is 1.66. The Kier molecular flexibility index (Phi) is 3.59. The molecule has 1 aromatic rings. The topological polar surface area (TPSA) is 49.7 Å². The number of halogens is 3. The molecular weight excluding hydrogens is 250 g/mol. The van der Waals surface area contributed by atoms with Crippen molar-refractivity contribution in [2.24, 2.45) is 0 Å². The van der Waals surface area contributed by atoms with Crippen molar-refractivity contribution in [3.8, 4) is 17.2 Å². The monoisotopic (exact) mass is 256 g/mol. The van der Waals surface area contributed by atoms with Crippen molar-refractivity contribution in [3.05, 3.63) is 18.2 Å². The van der Waals surface area contributed by atoms with Gasteiger partial charge in [0.05, 0.1) is 0 Å². The van der Waals surface area contributed by atoms with E-state index in [9.17, 15) is 5.11 Å². The first-order valence-electron chi connectivity index (χ1n) is 3.60. The van der Waals surface area contributed by atoms with Gasteiger partial charge >= 0.3 is 0 Å². The molecule has 1 aromatic carbocycles. The van der Waals surface area contributed by atoms with Crippen LogP contribution in [0.15, 0.2) is 18.2 Å². The Morgan fingerprint density at radius 3 is 2.43 bits per heavy atom. The molecule has 0 bridgehead atoms. The number of hydrogen-bond donors (Lipinski definition) is 2. The lowest BCUT2D eigenvalue weighted by Crippen LogP contribution is -2.15. The zero-order valence-corrected chi connectivity index (χ0v) is 9.14. The molecule has 78 valence electrons. The molecule has 0 aliphatic heterocycles. The zero-order chi connectivity index (χ0) is 10.8. The van der Waals surface area contributed by atoms with Crippen LogP contribution in [0.3, 0.4) is 0 Å². The van der Waals surface area contributed by atoms with Gasteiger partial charge in [-0.15, -0.1) is 0 Å². The number of ether oxygens (including phenoxy) is 1. The Hall–Kier alpha value is -0.510. The van der Waals surface area contributed by atoms with Crippen molar-refractivity contribution in [2.75, 3.05) is 6.61 Å². The fourth-order valence-corrected chi connectivity index (χ4v) is 0.942. The minimum atomic E-state index is -1.56. The Morgan fingerprint density at radius 2 is 1.86 bits per heavy atom. The summed E-state index contributed by atoms with van der Waals surface area (Å²) in [6.07, 6.45) is 0. The first-order chi connectivity index (χ1) is 6.38. The van der Waals surface area contributed by atoms with Crippen LogP contribution in [0.4, 0.5) is 0 Å². The van der Waals surface area contributed by atoms with Gasteiger partial charge in [-0.3, -0.25) is 0 Å². The standard InChI is InChI=1S/C8H7Cl3O3/c9-8(10,11)4-14-7-3-5(12)1-2-6(7)13/h1-3,12-13H,4H2. The number of phenolic OH excluding ortho intramolecular Hbond substituents is 2. The zero-order valence-electron chi connectivity index (χ0n) is 6.88. The average Bonchev–Trinajstić information content (AvgIpc) is 2.05. The lowest BCUT2D eigenvalue weighted by molar-refractivity contribution is 0.304. The number of alkyl halides is 3. The van der Waals surface area contributed by atoms with E-state index in [1.165, 1.54) is 18.2 Å². The molecule has 6 heteroatoms. The Labute approximate surface area is 95.8 Å². The maximum absolute atomic E-state index is 9.27. The summed E-state index contributed by atoms with van der Waals surface area (Å²) in [5.74, 6) is -0.101. The SMILES string of the molecule is Oc1ccc(O)c(OCC(Cl)(Cl)Cl)c1. The second-order valence-corrected chi connectivity index (χ2v) is 5.07. The van der Waals surface area contributed by atoms with Gasteiger partial charge in [-0.25, -0.2) is 0 Å². The fraction of sp³-hybridized carbons (Fsp3) is 0.250. The number of rotatable bonds is 2. The molecule has 0 fully saturated rings. The molecule has 0 atom stereocenters. The summed E-state index contributed by atoms with van der Waals surface area (Å²) in [6, 6.07) is 3.83. The van der Waals surface area contributed by atoms with Crippen LogP contribution in [-0.2, 0) is 0 Å². The van der Waals surface area contributed by atoms with Crippen LogP contribution in [0.5, 0.6) is 17.2 Å². The molecule has 0 radical (unpaired) electrons. The molecule has 0 spiro atoms. The van der Waals surface area contributed by atoms with Gasteiger partial charge in [-0.1, -0.05) is 34.8 Å². The summed E-state index contributed by atoms with van der Waals surface area (Å²) >= 11 is 16.3. The van der Waals surface area contributed by atoms with Gasteiger partial charge in [0.25, 0.3) is 0 Å². The number of aromatic hydroxyl groups is 2. The van der Waals surface area contributed by atoms with Crippen LogP contribution in [-0.4, -0.2) is 20.6 Å². The highest BCUT2D eigenvalue weighted by atomic mass is 35.6. The molecule has 2 N–H and O–H groups in total. The van der Waals surface area contributed by atoms with E-state index < -0.39 is 3.79 Å². The highest BCUT2D eigenvalue weighted by Crippen LogP contribution is 2.32. The van der Waals surface area contributed by atoms with Gasteiger partial charge in [0.1, 0.15) is 12.4 Å². The normalized spacial score (nSPS) is 11.4. The van der Waals surface area contributed by atoms with E-state index in [4.69, 9.17) is 44.6 Å². The number of benzene rings is 1. The first-order valence-corrected chi connectivity index (χ1v) is 4.73. The smallest absolute Gasteiger partial charge is 0.223 e. The molecule has 0 aromatic heterocycles. The molecule has 0 unspecified atom stereocenters. The Morgan fingerprint density at radius 1 is 1.21 bits per heavy atom. The highest BCUT2D eigenvalue weighted by Gasteiger charge is 2.21. The van der Waals surface area contributed by atoms with E-state index in [-0.39, 0.29) is 23.9 Å². The molecule has 3 nitrogen and oxygen atoms in total. The first kappa shape index (κ1) is 11.6. The molecule has 0 saturated carbocycles. The largest absolute Gasteiger partial charge is 0.508 e. The Bertz CT molecular complexity index is 322. The van der Waals surface area contributed by atoms with E-state index >= 15 is 0 Å². The number of hydrogen-bond acceptors (Lipinski definition) is 3. The third kappa shape index (κ3) is 3.70. The maximum atomic E-state index is 9.27. The predicted octanol–water partition coefficient (Wildman–Crippen LogP) is 2.85. The molecule has 0 aliphatic rings. The average molecular weight is 258 g/mol. The Balaban J connectivity index is 2.72. The third-order valence-electron chi connectivity index (χ3n) is 1.33. The van der Waals surface area contributed by atoms with Gasteiger partial charge in [0.2, 0.25) is 3.79 Å². The van der Waals surface area contributed by atoms with Crippen molar-refractivity contribution >= 4 is 34.8 Å². The van der Waals surface area contributed by atoms with E-state index in [2.05, 4.69) is 0 Å². The van der Waals surface area contributed by atoms with E-state index in [0.717, 1.165) is 0 Å². The number of phenols is 2. The second-order valence-electron chi connectivity index (χ2n) is 2.56. The summed E-state index contributed by atoms with van der Waals surface area (Å²) in [5.41, 5.74) is 0. The van der Waals surface area contributed by atoms with Gasteiger partial charge in [-0.05, 0) is 12.1 Å². The molecule has 0 saturated heterocycles. The van der Waals surface area contributed by atoms with Crippen LogP contribution in [0.1, 0.15) is 0 Å². The lowest BCUT2D eigenvalue weighted by Gasteiger charge is -2.13. The highest BCUT2D eigenvalue weighted by molar-refractivity contribution is 6.67. The van der Waals surface area contributed by atoms with Crippen molar-refractivity contribution < 1.29 is 14.9 Å². The van der Waals surface area contributed by atoms with E-state index in [1.807, 2.05) is 0 Å². The minimum absolute atomic E-state index is 0.0397. The predicted molar refractivity (Wildman–Crippen MR) is 55.6 cm³/mol. The van der Waals surface area contributed by atoms with Crippen molar-refractivity contribution in [1.29, 1.82) is 0 Å². The van der Waals surface area contributed by atoms with Crippen LogP contribution < -0.4 is 4.74 Å². The molecular formula is C8H7Cl3O3. The van der Waals surface area contributed by atoms with Crippen LogP contribution in [0, 0.1) is 0 Å². The maximum Gasteiger partial charge on any atom is 0.223 e. The second kappa shape index (κ2) is 4.34. The minimum Gasteiger partial charge on any atom is -0.508 e. The summed E-state index contributed by atoms with van der Waals surface area (Å²) in [5, 5.41) is 18.3. The molecule has 0 aliphatic carbocycles. The summed E-state index contributed by atoms with van der Waals surface area (Å²) < 4.78 is 3.42. The quantitative estimate of drug-likeness (QED) is 0.633. The molecule has 1 rings (SSSR count). The van der Waals surface area contributed by atoms with E-state index in [0.29, 0.717) is 0 Å².